The van der Waals surface area contributed by atoms with Crippen molar-refractivity contribution < 1.29 is 9.66 Å². The molecule has 0 unspecified atom stereocenters. The molecule has 0 saturated heterocycles. The first kappa shape index (κ1) is 9.67. The topological polar surface area (TPSA) is 52.4 Å². The third-order valence-electron chi connectivity index (χ3n) is 1.53. The van der Waals surface area contributed by atoms with E-state index in [1.165, 1.54) is 0 Å². The lowest BCUT2D eigenvalue weighted by atomic mass is 10.2. The SMILES string of the molecule is O=[N+]([O-])CCOCc1ccccc1. The van der Waals surface area contributed by atoms with E-state index in [-0.39, 0.29) is 18.1 Å². The van der Waals surface area contributed by atoms with E-state index in [4.69, 9.17) is 4.74 Å². The Bertz CT molecular complexity index is 261. The Labute approximate surface area is 76.3 Å². The minimum atomic E-state index is -0.384. The third-order valence-corrected chi connectivity index (χ3v) is 1.53. The molecule has 0 saturated carbocycles. The number of rotatable bonds is 5. The summed E-state index contributed by atoms with van der Waals surface area (Å²) in [6.07, 6.45) is 0. The van der Waals surface area contributed by atoms with Crippen LogP contribution in [0.3, 0.4) is 0 Å². The Balaban J connectivity index is 2.17. The summed E-state index contributed by atoms with van der Waals surface area (Å²) in [7, 11) is 0. The summed E-state index contributed by atoms with van der Waals surface area (Å²) in [6.45, 7) is 0.476. The van der Waals surface area contributed by atoms with E-state index in [0.717, 1.165) is 5.56 Å². The Morgan fingerprint density at radius 1 is 1.31 bits per heavy atom. The first-order chi connectivity index (χ1) is 6.29. The fraction of sp³-hybridized carbons (Fsp3) is 0.333. The van der Waals surface area contributed by atoms with E-state index in [2.05, 4.69) is 0 Å². The van der Waals surface area contributed by atoms with Crippen molar-refractivity contribution in [3.8, 4) is 0 Å². The Morgan fingerprint density at radius 3 is 2.62 bits per heavy atom. The molecule has 13 heavy (non-hydrogen) atoms. The number of ether oxygens (including phenoxy) is 1. The van der Waals surface area contributed by atoms with Crippen molar-refractivity contribution in [2.24, 2.45) is 0 Å². The maximum Gasteiger partial charge on any atom is 0.226 e. The van der Waals surface area contributed by atoms with Gasteiger partial charge in [-0.25, -0.2) is 0 Å². The zero-order valence-electron chi connectivity index (χ0n) is 7.18. The van der Waals surface area contributed by atoms with Crippen molar-refractivity contribution in [2.45, 2.75) is 6.61 Å². The lowest BCUT2D eigenvalue weighted by Crippen LogP contribution is -2.08. The van der Waals surface area contributed by atoms with E-state index < -0.39 is 0 Å². The molecular formula is C9H11NO3. The van der Waals surface area contributed by atoms with Gasteiger partial charge < -0.3 is 4.74 Å². The summed E-state index contributed by atoms with van der Waals surface area (Å²) in [5.74, 6) is 0. The average Bonchev–Trinajstić information content (AvgIpc) is 2.14. The number of benzene rings is 1. The van der Waals surface area contributed by atoms with Gasteiger partial charge in [-0.1, -0.05) is 30.3 Å². The predicted octanol–water partition coefficient (Wildman–Crippen LogP) is 1.48. The van der Waals surface area contributed by atoms with E-state index in [1.807, 2.05) is 30.3 Å². The largest absolute Gasteiger partial charge is 0.370 e. The minimum absolute atomic E-state index is 0.132. The van der Waals surface area contributed by atoms with Crippen molar-refractivity contribution in [1.82, 2.24) is 0 Å². The molecular weight excluding hydrogens is 170 g/mol. The molecule has 0 spiro atoms. The summed E-state index contributed by atoms with van der Waals surface area (Å²) < 4.78 is 5.09. The molecule has 0 aliphatic carbocycles. The molecule has 4 heteroatoms. The van der Waals surface area contributed by atoms with Gasteiger partial charge in [-0.2, -0.15) is 0 Å². The molecule has 0 amide bonds. The first-order valence-corrected chi connectivity index (χ1v) is 4.02. The number of nitrogens with zero attached hydrogens (tertiary/aromatic N) is 1. The zero-order valence-corrected chi connectivity index (χ0v) is 7.18. The van der Waals surface area contributed by atoms with Gasteiger partial charge in [0.1, 0.15) is 6.61 Å². The van der Waals surface area contributed by atoms with E-state index >= 15 is 0 Å². The molecule has 0 fully saturated rings. The van der Waals surface area contributed by atoms with Gasteiger partial charge in [-0.15, -0.1) is 0 Å². The van der Waals surface area contributed by atoms with Crippen LogP contribution in [0.1, 0.15) is 5.56 Å². The highest BCUT2D eigenvalue weighted by Crippen LogP contribution is 1.99. The van der Waals surface area contributed by atoms with Crippen molar-refractivity contribution >= 4 is 0 Å². The number of hydrogen-bond donors (Lipinski definition) is 0. The molecule has 0 heterocycles. The van der Waals surface area contributed by atoms with E-state index in [0.29, 0.717) is 6.61 Å². The highest BCUT2D eigenvalue weighted by Gasteiger charge is 1.96. The maximum absolute atomic E-state index is 9.94. The molecule has 0 aromatic heterocycles. The second kappa shape index (κ2) is 5.27. The molecule has 4 nitrogen and oxygen atoms in total. The van der Waals surface area contributed by atoms with Crippen molar-refractivity contribution in [3.63, 3.8) is 0 Å². The van der Waals surface area contributed by atoms with Crippen LogP contribution < -0.4 is 0 Å². The summed E-state index contributed by atoms with van der Waals surface area (Å²) in [6, 6.07) is 9.58. The predicted molar refractivity (Wildman–Crippen MR) is 48.0 cm³/mol. The molecule has 0 aliphatic rings. The Kier molecular flexibility index (Phi) is 3.92. The second-order valence-electron chi connectivity index (χ2n) is 2.59. The van der Waals surface area contributed by atoms with Crippen molar-refractivity contribution in [1.29, 1.82) is 0 Å². The Morgan fingerprint density at radius 2 is 2.00 bits per heavy atom. The van der Waals surface area contributed by atoms with Crippen LogP contribution in [0.4, 0.5) is 0 Å². The Hall–Kier alpha value is -1.42. The lowest BCUT2D eigenvalue weighted by molar-refractivity contribution is -0.483. The van der Waals surface area contributed by atoms with Crippen molar-refractivity contribution in [2.75, 3.05) is 13.2 Å². The molecule has 1 rings (SSSR count). The monoisotopic (exact) mass is 181 g/mol. The third kappa shape index (κ3) is 4.22. The molecule has 70 valence electrons. The minimum Gasteiger partial charge on any atom is -0.370 e. The zero-order chi connectivity index (χ0) is 9.52. The summed E-state index contributed by atoms with van der Waals surface area (Å²) in [5.41, 5.74) is 1.03. The van der Waals surface area contributed by atoms with Crippen LogP contribution in [0.25, 0.3) is 0 Å². The van der Waals surface area contributed by atoms with Crippen LogP contribution >= 0.6 is 0 Å². The fourth-order valence-corrected chi connectivity index (χ4v) is 0.903. The van der Waals surface area contributed by atoms with E-state index in [1.54, 1.807) is 0 Å². The van der Waals surface area contributed by atoms with Gasteiger partial charge in [-0.3, -0.25) is 10.1 Å². The van der Waals surface area contributed by atoms with Crippen LogP contribution in [0, 0.1) is 10.1 Å². The quantitative estimate of drug-likeness (QED) is 0.392. The molecule has 0 N–H and O–H groups in total. The van der Waals surface area contributed by atoms with Gasteiger partial charge in [0.05, 0.1) is 6.61 Å². The molecule has 1 aromatic carbocycles. The highest BCUT2D eigenvalue weighted by atomic mass is 16.6. The van der Waals surface area contributed by atoms with E-state index in [9.17, 15) is 10.1 Å². The normalized spacial score (nSPS) is 9.85. The van der Waals surface area contributed by atoms with Gasteiger partial charge in [0.15, 0.2) is 0 Å². The second-order valence-corrected chi connectivity index (χ2v) is 2.59. The van der Waals surface area contributed by atoms with Gasteiger partial charge >= 0.3 is 0 Å². The molecule has 0 atom stereocenters. The fourth-order valence-electron chi connectivity index (χ4n) is 0.903. The standard InChI is InChI=1S/C9H11NO3/c11-10(12)6-7-13-8-9-4-2-1-3-5-9/h1-5H,6-8H2. The molecule has 1 aromatic rings. The first-order valence-electron chi connectivity index (χ1n) is 4.02. The average molecular weight is 181 g/mol. The van der Waals surface area contributed by atoms with Crippen LogP contribution in [0.15, 0.2) is 30.3 Å². The van der Waals surface area contributed by atoms with Crippen LogP contribution in [0.5, 0.6) is 0 Å². The van der Waals surface area contributed by atoms with Gasteiger partial charge in [-0.05, 0) is 5.56 Å². The summed E-state index contributed by atoms with van der Waals surface area (Å²) in [5, 5.41) is 9.94. The molecule has 0 bridgehead atoms. The van der Waals surface area contributed by atoms with Crippen LogP contribution in [-0.2, 0) is 11.3 Å². The van der Waals surface area contributed by atoms with Crippen LogP contribution in [0.2, 0.25) is 0 Å². The van der Waals surface area contributed by atoms with Crippen molar-refractivity contribution in [3.05, 3.63) is 46.0 Å². The summed E-state index contributed by atoms with van der Waals surface area (Å²) >= 11 is 0. The van der Waals surface area contributed by atoms with Gasteiger partial charge in [0.2, 0.25) is 6.54 Å². The van der Waals surface area contributed by atoms with Crippen LogP contribution in [-0.4, -0.2) is 18.1 Å². The van der Waals surface area contributed by atoms with Gasteiger partial charge in [0.25, 0.3) is 0 Å². The molecule has 0 radical (unpaired) electrons. The molecule has 0 aliphatic heterocycles. The highest BCUT2D eigenvalue weighted by molar-refractivity contribution is 5.13. The maximum atomic E-state index is 9.94. The lowest BCUT2D eigenvalue weighted by Gasteiger charge is -2.00. The number of nitro groups is 1. The van der Waals surface area contributed by atoms with Gasteiger partial charge in [0, 0.05) is 4.92 Å². The smallest absolute Gasteiger partial charge is 0.226 e. The number of hydrogen-bond acceptors (Lipinski definition) is 3. The summed E-state index contributed by atoms with van der Waals surface area (Å²) in [4.78, 5) is 9.55.